The van der Waals surface area contributed by atoms with E-state index in [1.54, 1.807) is 24.3 Å². The number of carbonyl (C=O) groups excluding carboxylic acids is 4. The van der Waals surface area contributed by atoms with Gasteiger partial charge in [-0.2, -0.15) is 0 Å². The van der Waals surface area contributed by atoms with Crippen LogP contribution in [0.4, 0.5) is 10.8 Å². The zero-order chi connectivity index (χ0) is 20.3. The van der Waals surface area contributed by atoms with Crippen LogP contribution in [-0.2, 0) is 20.7 Å². The van der Waals surface area contributed by atoms with Gasteiger partial charge >= 0.3 is 5.97 Å². The average molecular weight is 402 g/mol. The summed E-state index contributed by atoms with van der Waals surface area (Å²) in [5.74, 6) is -2.03. The van der Waals surface area contributed by atoms with Crippen LogP contribution in [-0.4, -0.2) is 41.8 Å². The molecule has 0 saturated heterocycles. The number of nitrogens with zero attached hydrogens (tertiary/aromatic N) is 1. The minimum absolute atomic E-state index is 0.154. The van der Waals surface area contributed by atoms with Crippen molar-refractivity contribution in [3.63, 3.8) is 0 Å². The summed E-state index contributed by atoms with van der Waals surface area (Å²) in [5, 5.41) is 7.99. The van der Waals surface area contributed by atoms with E-state index in [0.717, 1.165) is 11.3 Å². The first kappa shape index (κ1) is 19.5. The largest absolute Gasteiger partial charge is 0.464 e. The number of hydrogen-bond donors (Lipinski definition) is 3. The first-order valence-electron chi connectivity index (χ1n) is 8.51. The fraction of sp³-hybridized carbons (Fsp3) is 0.278. The number of carbonyl (C=O) groups is 4. The van der Waals surface area contributed by atoms with Crippen molar-refractivity contribution in [1.82, 2.24) is 10.3 Å². The van der Waals surface area contributed by atoms with Gasteiger partial charge in [0.25, 0.3) is 5.91 Å². The molecule has 1 aliphatic rings. The molecule has 3 rings (SSSR count). The van der Waals surface area contributed by atoms with Gasteiger partial charge in [-0.25, -0.2) is 9.78 Å². The number of amides is 3. The number of aryl methyl sites for hydroxylation is 1. The van der Waals surface area contributed by atoms with E-state index in [0.29, 0.717) is 22.5 Å². The third-order valence-corrected chi connectivity index (χ3v) is 5.20. The highest BCUT2D eigenvalue weighted by Gasteiger charge is 2.30. The Kier molecular flexibility index (Phi) is 5.69. The molecule has 10 heteroatoms. The van der Waals surface area contributed by atoms with E-state index in [4.69, 9.17) is 0 Å². The SMILES string of the molecule is CCc1sc(NC(=O)C[C@@H]2NC(=O)c3ccccc3NC2=O)nc1C(=O)OC. The second-order valence-corrected chi connectivity index (χ2v) is 7.03. The van der Waals surface area contributed by atoms with Gasteiger partial charge in [-0.15, -0.1) is 11.3 Å². The van der Waals surface area contributed by atoms with Gasteiger partial charge < -0.3 is 20.7 Å². The fourth-order valence-electron chi connectivity index (χ4n) is 2.71. The molecule has 1 aliphatic heterocycles. The minimum atomic E-state index is -1.04. The topological polar surface area (TPSA) is 126 Å². The van der Waals surface area contributed by atoms with Gasteiger partial charge in [0.2, 0.25) is 11.8 Å². The number of anilines is 2. The first-order chi connectivity index (χ1) is 13.4. The predicted octanol–water partition coefficient (Wildman–Crippen LogP) is 1.57. The summed E-state index contributed by atoms with van der Waals surface area (Å²) in [7, 11) is 1.25. The summed E-state index contributed by atoms with van der Waals surface area (Å²) in [4.78, 5) is 53.6. The lowest BCUT2D eigenvalue weighted by Gasteiger charge is -2.13. The van der Waals surface area contributed by atoms with Gasteiger partial charge in [0.15, 0.2) is 10.8 Å². The maximum absolute atomic E-state index is 12.4. The zero-order valence-electron chi connectivity index (χ0n) is 15.2. The number of aromatic nitrogens is 1. The smallest absolute Gasteiger partial charge is 0.357 e. The van der Waals surface area contributed by atoms with Crippen LogP contribution < -0.4 is 16.0 Å². The Labute approximate surface area is 164 Å². The van der Waals surface area contributed by atoms with E-state index < -0.39 is 29.7 Å². The van der Waals surface area contributed by atoms with Crippen LogP contribution in [0.2, 0.25) is 0 Å². The zero-order valence-corrected chi connectivity index (χ0v) is 16.0. The second kappa shape index (κ2) is 8.17. The number of para-hydroxylation sites is 1. The molecule has 2 heterocycles. The van der Waals surface area contributed by atoms with Gasteiger partial charge in [-0.05, 0) is 18.6 Å². The average Bonchev–Trinajstić information content (AvgIpc) is 3.04. The summed E-state index contributed by atoms with van der Waals surface area (Å²) >= 11 is 1.16. The minimum Gasteiger partial charge on any atom is -0.464 e. The molecular formula is C18H18N4O5S. The van der Waals surface area contributed by atoms with Crippen molar-refractivity contribution in [2.75, 3.05) is 17.7 Å². The number of rotatable bonds is 5. The third-order valence-electron chi connectivity index (χ3n) is 4.08. The fourth-order valence-corrected chi connectivity index (χ4v) is 3.62. The lowest BCUT2D eigenvalue weighted by atomic mass is 10.1. The van der Waals surface area contributed by atoms with Crippen molar-refractivity contribution in [1.29, 1.82) is 0 Å². The van der Waals surface area contributed by atoms with Crippen LogP contribution in [0.25, 0.3) is 0 Å². The summed E-state index contributed by atoms with van der Waals surface area (Å²) in [6.45, 7) is 1.86. The molecule has 0 saturated carbocycles. The van der Waals surface area contributed by atoms with Gasteiger partial charge in [0.1, 0.15) is 6.04 Å². The van der Waals surface area contributed by atoms with Crippen molar-refractivity contribution in [3.8, 4) is 0 Å². The molecule has 0 unspecified atom stereocenters. The van der Waals surface area contributed by atoms with Crippen molar-refractivity contribution >= 4 is 45.8 Å². The number of nitrogens with one attached hydrogen (secondary N) is 3. The number of methoxy groups -OCH3 is 1. The molecule has 0 spiro atoms. The van der Waals surface area contributed by atoms with E-state index >= 15 is 0 Å². The molecule has 1 aromatic carbocycles. The molecule has 28 heavy (non-hydrogen) atoms. The number of ether oxygens (including phenoxy) is 1. The van der Waals surface area contributed by atoms with Crippen molar-refractivity contribution in [2.45, 2.75) is 25.8 Å². The Morgan fingerprint density at radius 3 is 2.75 bits per heavy atom. The van der Waals surface area contributed by atoms with Crippen molar-refractivity contribution in [3.05, 3.63) is 40.4 Å². The van der Waals surface area contributed by atoms with Gasteiger partial charge in [-0.3, -0.25) is 14.4 Å². The quantitative estimate of drug-likeness (QED) is 0.652. The van der Waals surface area contributed by atoms with E-state index in [2.05, 4.69) is 25.7 Å². The summed E-state index contributed by atoms with van der Waals surface area (Å²) in [6, 6.07) is 5.55. The molecule has 3 N–H and O–H groups in total. The van der Waals surface area contributed by atoms with Crippen molar-refractivity contribution < 1.29 is 23.9 Å². The Hall–Kier alpha value is -3.27. The Morgan fingerprint density at radius 1 is 1.29 bits per heavy atom. The molecular weight excluding hydrogens is 384 g/mol. The summed E-state index contributed by atoms with van der Waals surface area (Å²) < 4.78 is 4.68. The molecule has 1 atom stereocenters. The number of thiazole rings is 1. The molecule has 0 aliphatic carbocycles. The molecule has 0 radical (unpaired) electrons. The van der Waals surface area contributed by atoms with Crippen LogP contribution in [0.5, 0.6) is 0 Å². The molecule has 146 valence electrons. The van der Waals surface area contributed by atoms with Crippen LogP contribution >= 0.6 is 11.3 Å². The van der Waals surface area contributed by atoms with Crippen molar-refractivity contribution in [2.24, 2.45) is 0 Å². The molecule has 2 aromatic rings. The number of fused-ring (bicyclic) bond motifs is 1. The van der Waals surface area contributed by atoms with Crippen LogP contribution in [0, 0.1) is 0 Å². The Morgan fingerprint density at radius 2 is 2.04 bits per heavy atom. The lowest BCUT2D eigenvalue weighted by Crippen LogP contribution is -2.43. The van der Waals surface area contributed by atoms with Gasteiger partial charge in [-0.1, -0.05) is 19.1 Å². The number of hydrogen-bond acceptors (Lipinski definition) is 7. The maximum atomic E-state index is 12.4. The standard InChI is InChI=1S/C18H18N4O5S/c1-3-12-14(17(26)27-2)22-18(28-12)21-13(23)8-11-16(25)19-10-7-5-4-6-9(10)15(24)20-11/h4-7,11H,3,8H2,1-2H3,(H,19,25)(H,20,24)(H,21,22,23)/t11-/m0/s1. The van der Waals surface area contributed by atoms with Crippen LogP contribution in [0.1, 0.15) is 39.1 Å². The number of benzene rings is 1. The summed E-state index contributed by atoms with van der Waals surface area (Å²) in [5.41, 5.74) is 0.874. The lowest BCUT2D eigenvalue weighted by molar-refractivity contribution is -0.122. The van der Waals surface area contributed by atoms with Crippen LogP contribution in [0.3, 0.4) is 0 Å². The molecule has 1 aromatic heterocycles. The monoisotopic (exact) mass is 402 g/mol. The summed E-state index contributed by atoms with van der Waals surface area (Å²) in [6.07, 6.45) is 0.275. The number of esters is 1. The van der Waals surface area contributed by atoms with Gasteiger partial charge in [0, 0.05) is 4.88 Å². The van der Waals surface area contributed by atoms with E-state index in [-0.39, 0.29) is 17.2 Å². The maximum Gasteiger partial charge on any atom is 0.357 e. The molecule has 0 fully saturated rings. The van der Waals surface area contributed by atoms with E-state index in [1.807, 2.05) is 6.92 Å². The Balaban J connectivity index is 1.70. The van der Waals surface area contributed by atoms with E-state index in [1.165, 1.54) is 7.11 Å². The highest BCUT2D eigenvalue weighted by atomic mass is 32.1. The Bertz CT molecular complexity index is 955. The highest BCUT2D eigenvalue weighted by Crippen LogP contribution is 2.25. The first-order valence-corrected chi connectivity index (χ1v) is 9.33. The second-order valence-electron chi connectivity index (χ2n) is 5.95. The predicted molar refractivity (Wildman–Crippen MR) is 102 cm³/mol. The van der Waals surface area contributed by atoms with Gasteiger partial charge in [0.05, 0.1) is 24.8 Å². The molecule has 0 bridgehead atoms. The molecule has 3 amide bonds. The normalized spacial score (nSPS) is 15.7. The molecule has 9 nitrogen and oxygen atoms in total. The van der Waals surface area contributed by atoms with E-state index in [9.17, 15) is 19.2 Å². The third kappa shape index (κ3) is 4.01. The highest BCUT2D eigenvalue weighted by molar-refractivity contribution is 7.16. The van der Waals surface area contributed by atoms with Crippen LogP contribution in [0.15, 0.2) is 24.3 Å².